The van der Waals surface area contributed by atoms with Crippen molar-refractivity contribution in [2.75, 3.05) is 13.1 Å². The molecule has 24 heavy (non-hydrogen) atoms. The molecule has 0 spiro atoms. The summed E-state index contributed by atoms with van der Waals surface area (Å²) in [6.45, 7) is 3.95. The molecule has 2 aromatic rings. The van der Waals surface area contributed by atoms with Crippen LogP contribution in [0.2, 0.25) is 0 Å². The van der Waals surface area contributed by atoms with Crippen LogP contribution in [-0.2, 0) is 11.2 Å². The first-order valence-electron chi connectivity index (χ1n) is 7.81. The van der Waals surface area contributed by atoms with Crippen molar-refractivity contribution in [1.82, 2.24) is 14.7 Å². The van der Waals surface area contributed by atoms with Crippen molar-refractivity contribution in [2.24, 2.45) is 0 Å². The van der Waals surface area contributed by atoms with Crippen LogP contribution in [0.15, 0.2) is 34.9 Å². The van der Waals surface area contributed by atoms with Crippen molar-refractivity contribution in [3.05, 3.63) is 46.2 Å². The van der Waals surface area contributed by atoms with E-state index in [1.165, 1.54) is 11.1 Å². The first-order chi connectivity index (χ1) is 11.5. The van der Waals surface area contributed by atoms with Gasteiger partial charge in [-0.1, -0.05) is 29.8 Å². The van der Waals surface area contributed by atoms with E-state index in [0.29, 0.717) is 24.9 Å². The van der Waals surface area contributed by atoms with E-state index in [1.807, 2.05) is 38.1 Å². The van der Waals surface area contributed by atoms with E-state index in [2.05, 4.69) is 21.0 Å². The van der Waals surface area contributed by atoms with Crippen LogP contribution in [-0.4, -0.2) is 44.8 Å². The van der Waals surface area contributed by atoms with Crippen LogP contribution in [0.3, 0.4) is 0 Å². The van der Waals surface area contributed by atoms with Gasteiger partial charge in [0.05, 0.1) is 23.1 Å². The monoisotopic (exact) mass is 393 g/mol. The van der Waals surface area contributed by atoms with Crippen molar-refractivity contribution in [1.29, 1.82) is 0 Å². The van der Waals surface area contributed by atoms with E-state index in [0.717, 1.165) is 15.9 Å². The Morgan fingerprint density at radius 2 is 1.92 bits per heavy atom. The summed E-state index contributed by atoms with van der Waals surface area (Å²) in [5.41, 5.74) is 2.08. The molecule has 1 amide bonds. The highest BCUT2D eigenvalue weighted by molar-refractivity contribution is 9.10. The lowest BCUT2D eigenvalue weighted by Crippen LogP contribution is -2.36. The van der Waals surface area contributed by atoms with Gasteiger partial charge in [0.25, 0.3) is 5.91 Å². The second kappa shape index (κ2) is 8.10. The van der Waals surface area contributed by atoms with E-state index in [1.54, 1.807) is 4.68 Å². The average molecular weight is 394 g/mol. The lowest BCUT2D eigenvalue weighted by molar-refractivity contribution is -0.137. The molecule has 128 valence electrons. The summed E-state index contributed by atoms with van der Waals surface area (Å²) in [4.78, 5) is 25.1. The van der Waals surface area contributed by atoms with E-state index >= 15 is 0 Å². The fraction of sp³-hybridized carbons (Fsp3) is 0.353. The SMILES string of the molecule is CCCN(CC(=O)O)C(=O)c1cnn(-c2ccc(Br)cc2)c1CC. The molecule has 0 aliphatic heterocycles. The van der Waals surface area contributed by atoms with Crippen LogP contribution in [0.4, 0.5) is 0 Å². The van der Waals surface area contributed by atoms with Crippen LogP contribution in [0.5, 0.6) is 0 Å². The molecule has 0 aliphatic carbocycles. The second-order valence-corrected chi connectivity index (χ2v) is 6.28. The fourth-order valence-electron chi connectivity index (χ4n) is 2.55. The summed E-state index contributed by atoms with van der Waals surface area (Å²) in [6.07, 6.45) is 2.83. The number of halogens is 1. The maximum Gasteiger partial charge on any atom is 0.323 e. The molecule has 7 heteroatoms. The quantitative estimate of drug-likeness (QED) is 0.783. The molecule has 0 atom stereocenters. The van der Waals surface area contributed by atoms with Gasteiger partial charge < -0.3 is 10.0 Å². The van der Waals surface area contributed by atoms with Gasteiger partial charge in [0.1, 0.15) is 6.54 Å². The molecule has 1 aromatic carbocycles. The number of rotatable bonds is 7. The standard InChI is InChI=1S/C17H20BrN3O3/c1-3-9-20(11-16(22)23)17(24)14-10-19-21(15(14)4-2)13-7-5-12(18)6-8-13/h5-8,10H,3-4,9,11H2,1-2H3,(H,22,23). The Labute approximate surface area is 149 Å². The lowest BCUT2D eigenvalue weighted by Gasteiger charge is -2.20. The van der Waals surface area contributed by atoms with Gasteiger partial charge in [-0.25, -0.2) is 4.68 Å². The molecule has 0 saturated carbocycles. The molecule has 0 radical (unpaired) electrons. The Morgan fingerprint density at radius 1 is 1.25 bits per heavy atom. The highest BCUT2D eigenvalue weighted by atomic mass is 79.9. The Bertz CT molecular complexity index is 725. The number of carboxylic acid groups (broad SMARTS) is 1. The van der Waals surface area contributed by atoms with Gasteiger partial charge in [-0.15, -0.1) is 0 Å². The van der Waals surface area contributed by atoms with Gasteiger partial charge in [0.15, 0.2) is 0 Å². The zero-order valence-electron chi connectivity index (χ0n) is 13.7. The molecule has 1 aromatic heterocycles. The number of aromatic nitrogens is 2. The fourth-order valence-corrected chi connectivity index (χ4v) is 2.82. The van der Waals surface area contributed by atoms with Crippen molar-refractivity contribution in [3.63, 3.8) is 0 Å². The molecule has 0 fully saturated rings. The van der Waals surface area contributed by atoms with Crippen molar-refractivity contribution in [3.8, 4) is 5.69 Å². The topological polar surface area (TPSA) is 75.4 Å². The van der Waals surface area contributed by atoms with Crippen LogP contribution >= 0.6 is 15.9 Å². The number of carbonyl (C=O) groups is 2. The molecule has 0 bridgehead atoms. The summed E-state index contributed by atoms with van der Waals surface area (Å²) in [5.74, 6) is -1.31. The first-order valence-corrected chi connectivity index (χ1v) is 8.61. The predicted molar refractivity (Wildman–Crippen MR) is 94.5 cm³/mol. The third-order valence-electron chi connectivity index (χ3n) is 3.61. The second-order valence-electron chi connectivity index (χ2n) is 5.37. The Hall–Kier alpha value is -2.15. The highest BCUT2D eigenvalue weighted by Gasteiger charge is 2.23. The number of hydrogen-bond acceptors (Lipinski definition) is 3. The third-order valence-corrected chi connectivity index (χ3v) is 4.14. The maximum absolute atomic E-state index is 12.8. The molecule has 6 nitrogen and oxygen atoms in total. The molecular weight excluding hydrogens is 374 g/mol. The molecular formula is C17H20BrN3O3. The first kappa shape index (κ1) is 18.2. The molecule has 0 aliphatic rings. The third kappa shape index (κ3) is 4.03. The normalized spacial score (nSPS) is 10.6. The highest BCUT2D eigenvalue weighted by Crippen LogP contribution is 2.19. The Kier molecular flexibility index (Phi) is 6.14. The summed E-state index contributed by atoms with van der Waals surface area (Å²) < 4.78 is 2.69. The number of nitrogens with zero attached hydrogens (tertiary/aromatic N) is 3. The van der Waals surface area contributed by atoms with Gasteiger partial charge in [-0.3, -0.25) is 9.59 Å². The number of amides is 1. The molecule has 0 saturated heterocycles. The van der Waals surface area contributed by atoms with Crippen molar-refractivity contribution < 1.29 is 14.7 Å². The molecule has 2 rings (SSSR count). The van der Waals surface area contributed by atoms with Crippen LogP contribution in [0.25, 0.3) is 5.69 Å². The van der Waals surface area contributed by atoms with Crippen LogP contribution in [0, 0.1) is 0 Å². The zero-order chi connectivity index (χ0) is 17.7. The molecule has 1 heterocycles. The number of hydrogen-bond donors (Lipinski definition) is 1. The lowest BCUT2D eigenvalue weighted by atomic mass is 10.1. The summed E-state index contributed by atoms with van der Waals surface area (Å²) in [6, 6.07) is 7.63. The summed E-state index contributed by atoms with van der Waals surface area (Å²) in [5, 5.41) is 13.4. The van der Waals surface area contributed by atoms with E-state index in [4.69, 9.17) is 5.11 Å². The number of carbonyl (C=O) groups excluding carboxylic acids is 1. The molecule has 0 unspecified atom stereocenters. The maximum atomic E-state index is 12.8. The Morgan fingerprint density at radius 3 is 2.46 bits per heavy atom. The van der Waals surface area contributed by atoms with E-state index in [9.17, 15) is 9.59 Å². The van der Waals surface area contributed by atoms with Gasteiger partial charge in [0.2, 0.25) is 0 Å². The predicted octanol–water partition coefficient (Wildman–Crippen LogP) is 3.13. The minimum Gasteiger partial charge on any atom is -0.480 e. The zero-order valence-corrected chi connectivity index (χ0v) is 15.3. The summed E-state index contributed by atoms with van der Waals surface area (Å²) >= 11 is 3.40. The minimum absolute atomic E-state index is 0.292. The van der Waals surface area contributed by atoms with Crippen LogP contribution < -0.4 is 0 Å². The van der Waals surface area contributed by atoms with Crippen LogP contribution in [0.1, 0.15) is 36.3 Å². The number of carboxylic acids is 1. The Balaban J connectivity index is 2.38. The summed E-state index contributed by atoms with van der Waals surface area (Å²) in [7, 11) is 0. The van der Waals surface area contributed by atoms with Gasteiger partial charge >= 0.3 is 5.97 Å². The average Bonchev–Trinajstić information content (AvgIpc) is 2.98. The van der Waals surface area contributed by atoms with Crippen molar-refractivity contribution in [2.45, 2.75) is 26.7 Å². The van der Waals surface area contributed by atoms with Gasteiger partial charge in [-0.05, 0) is 37.1 Å². The number of benzene rings is 1. The smallest absolute Gasteiger partial charge is 0.323 e. The number of aliphatic carboxylic acids is 1. The molecule has 1 N–H and O–H groups in total. The van der Waals surface area contributed by atoms with Crippen molar-refractivity contribution >= 4 is 27.8 Å². The minimum atomic E-state index is -1.02. The largest absolute Gasteiger partial charge is 0.480 e. The van der Waals surface area contributed by atoms with E-state index in [-0.39, 0.29) is 12.5 Å². The van der Waals surface area contributed by atoms with Gasteiger partial charge in [0, 0.05) is 11.0 Å². The van der Waals surface area contributed by atoms with E-state index < -0.39 is 5.97 Å². The van der Waals surface area contributed by atoms with Gasteiger partial charge in [-0.2, -0.15) is 5.10 Å².